The average molecular weight is 288 g/mol. The van der Waals surface area contributed by atoms with Crippen LogP contribution in [0.15, 0.2) is 43.0 Å². The van der Waals surface area contributed by atoms with Crippen molar-refractivity contribution in [1.82, 2.24) is 9.97 Å². The highest BCUT2D eigenvalue weighted by Gasteiger charge is 2.30. The van der Waals surface area contributed by atoms with Crippen molar-refractivity contribution in [2.45, 2.75) is 20.3 Å². The van der Waals surface area contributed by atoms with Crippen LogP contribution in [0.1, 0.15) is 22.3 Å². The lowest BCUT2D eigenvalue weighted by Crippen LogP contribution is -2.33. The molecule has 3 aromatic rings. The summed E-state index contributed by atoms with van der Waals surface area (Å²) in [6.07, 6.45) is 6.64. The van der Waals surface area contributed by atoms with Gasteiger partial charge in [-0.1, -0.05) is 17.7 Å². The molecule has 0 fully saturated rings. The van der Waals surface area contributed by atoms with E-state index in [1.807, 2.05) is 18.7 Å². The van der Waals surface area contributed by atoms with E-state index in [4.69, 9.17) is 0 Å². The number of benzene rings is 1. The van der Waals surface area contributed by atoms with Crippen molar-refractivity contribution >= 4 is 0 Å². The monoisotopic (exact) mass is 288 g/mol. The van der Waals surface area contributed by atoms with E-state index in [0.29, 0.717) is 0 Å². The van der Waals surface area contributed by atoms with E-state index in [0.717, 1.165) is 12.1 Å². The zero-order chi connectivity index (χ0) is 15.3. The molecule has 0 N–H and O–H groups in total. The first-order valence-corrected chi connectivity index (χ1v) is 7.53. The van der Waals surface area contributed by atoms with Crippen LogP contribution in [0.5, 0.6) is 0 Å². The molecule has 0 bridgehead atoms. The first-order valence-electron chi connectivity index (χ1n) is 7.53. The Kier molecular flexibility index (Phi) is 2.83. The smallest absolute Gasteiger partial charge is 0.264 e. The van der Waals surface area contributed by atoms with Crippen molar-refractivity contribution in [3.63, 3.8) is 0 Å². The maximum atomic E-state index is 4.66. The molecule has 0 saturated heterocycles. The number of aryl methyl sites for hydroxylation is 3. The Balaban J connectivity index is 2.01. The van der Waals surface area contributed by atoms with E-state index < -0.39 is 0 Å². The predicted molar refractivity (Wildman–Crippen MR) is 86.4 cm³/mol. The fraction of sp³-hybridized carbons (Fsp3) is 0.211. The molecule has 0 spiro atoms. The molecule has 1 aliphatic carbocycles. The molecule has 0 radical (unpaired) electrons. The second kappa shape index (κ2) is 4.73. The van der Waals surface area contributed by atoms with Crippen LogP contribution < -0.4 is 4.57 Å². The van der Waals surface area contributed by atoms with Crippen molar-refractivity contribution < 1.29 is 4.57 Å². The topological polar surface area (TPSA) is 29.7 Å². The minimum Gasteiger partial charge on any atom is -0.264 e. The average Bonchev–Trinajstić information content (AvgIpc) is 2.88. The second-order valence-corrected chi connectivity index (χ2v) is 6.06. The van der Waals surface area contributed by atoms with E-state index in [1.54, 1.807) is 0 Å². The number of nitrogens with zero attached hydrogens (tertiary/aromatic N) is 3. The third-order valence-electron chi connectivity index (χ3n) is 4.47. The normalized spacial score (nSPS) is 12.1. The summed E-state index contributed by atoms with van der Waals surface area (Å²) in [6, 6.07) is 8.73. The molecule has 0 atom stereocenters. The summed E-state index contributed by atoms with van der Waals surface area (Å²) < 4.78 is 2.14. The molecule has 3 heteroatoms. The van der Waals surface area contributed by atoms with Crippen LogP contribution in [0.3, 0.4) is 0 Å². The Morgan fingerprint density at radius 2 is 1.95 bits per heavy atom. The minimum atomic E-state index is 0.928. The maximum absolute atomic E-state index is 4.66. The van der Waals surface area contributed by atoms with Crippen LogP contribution >= 0.6 is 0 Å². The molecule has 3 nitrogen and oxygen atoms in total. The number of rotatable bonds is 1. The van der Waals surface area contributed by atoms with Gasteiger partial charge in [-0.3, -0.25) is 4.98 Å². The third-order valence-corrected chi connectivity index (χ3v) is 4.47. The predicted octanol–water partition coefficient (Wildman–Crippen LogP) is 3.16. The largest absolute Gasteiger partial charge is 0.287 e. The van der Waals surface area contributed by atoms with Crippen LogP contribution in [-0.4, -0.2) is 9.97 Å². The fourth-order valence-corrected chi connectivity index (χ4v) is 3.33. The first-order chi connectivity index (χ1) is 10.6. The van der Waals surface area contributed by atoms with Gasteiger partial charge < -0.3 is 0 Å². The summed E-state index contributed by atoms with van der Waals surface area (Å²) in [6.45, 7) is 4.31. The lowest BCUT2D eigenvalue weighted by molar-refractivity contribution is -0.663. The quantitative estimate of drug-likeness (QED) is 0.504. The number of fused-ring (bicyclic) bond motifs is 3. The van der Waals surface area contributed by atoms with E-state index in [1.165, 1.54) is 39.1 Å². The highest BCUT2D eigenvalue weighted by molar-refractivity contribution is 5.79. The highest BCUT2D eigenvalue weighted by atomic mass is 15.0. The molecule has 2 heterocycles. The summed E-state index contributed by atoms with van der Waals surface area (Å²) >= 11 is 0. The summed E-state index contributed by atoms with van der Waals surface area (Å²) in [5, 5.41) is 0. The van der Waals surface area contributed by atoms with Gasteiger partial charge in [0.2, 0.25) is 0 Å². The molecule has 4 rings (SSSR count). The van der Waals surface area contributed by atoms with Crippen molar-refractivity contribution in [2.24, 2.45) is 7.05 Å². The Hall–Kier alpha value is -2.55. The summed E-state index contributed by atoms with van der Waals surface area (Å²) in [5.41, 5.74) is 10.0. The van der Waals surface area contributed by atoms with Crippen LogP contribution in [-0.2, 0) is 13.5 Å². The molecule has 0 unspecified atom stereocenters. The number of hydrogen-bond donors (Lipinski definition) is 0. The fourth-order valence-electron chi connectivity index (χ4n) is 3.33. The summed E-state index contributed by atoms with van der Waals surface area (Å²) in [5.74, 6) is 0. The van der Waals surface area contributed by atoms with Crippen molar-refractivity contribution in [3.05, 3.63) is 65.2 Å². The molecule has 2 aromatic heterocycles. The van der Waals surface area contributed by atoms with Crippen molar-refractivity contribution in [2.75, 3.05) is 0 Å². The lowest BCUT2D eigenvalue weighted by Gasteiger charge is -2.10. The van der Waals surface area contributed by atoms with E-state index in [-0.39, 0.29) is 0 Å². The van der Waals surface area contributed by atoms with Crippen LogP contribution in [0.4, 0.5) is 0 Å². The van der Waals surface area contributed by atoms with Crippen molar-refractivity contribution in [1.29, 1.82) is 0 Å². The van der Waals surface area contributed by atoms with Gasteiger partial charge in [0.05, 0.1) is 12.6 Å². The van der Waals surface area contributed by atoms with Crippen LogP contribution in [0, 0.1) is 13.8 Å². The zero-order valence-corrected chi connectivity index (χ0v) is 13.1. The molecule has 0 amide bonds. The summed E-state index contributed by atoms with van der Waals surface area (Å²) in [4.78, 5) is 8.93. The van der Waals surface area contributed by atoms with Gasteiger partial charge in [-0.2, -0.15) is 0 Å². The Bertz CT molecular complexity index is 897. The number of pyridine rings is 1. The third kappa shape index (κ3) is 1.86. The van der Waals surface area contributed by atoms with Crippen molar-refractivity contribution in [3.8, 4) is 22.5 Å². The molecule has 22 heavy (non-hydrogen) atoms. The van der Waals surface area contributed by atoms with Gasteiger partial charge in [0.15, 0.2) is 5.69 Å². The van der Waals surface area contributed by atoms with Gasteiger partial charge in [0, 0.05) is 29.9 Å². The maximum Gasteiger partial charge on any atom is 0.287 e. The molecule has 1 aromatic carbocycles. The molecule has 0 aliphatic heterocycles. The number of aromatic nitrogens is 3. The molecule has 1 aliphatic rings. The van der Waals surface area contributed by atoms with Gasteiger partial charge in [-0.15, -0.1) is 0 Å². The Labute approximate surface area is 130 Å². The van der Waals surface area contributed by atoms with Gasteiger partial charge in [-0.05, 0) is 42.1 Å². The van der Waals surface area contributed by atoms with E-state index >= 15 is 0 Å². The number of hydrogen-bond acceptors (Lipinski definition) is 2. The van der Waals surface area contributed by atoms with Crippen LogP contribution in [0.25, 0.3) is 22.5 Å². The molecular weight excluding hydrogens is 270 g/mol. The lowest BCUT2D eigenvalue weighted by atomic mass is 9.98. The van der Waals surface area contributed by atoms with E-state index in [2.05, 4.69) is 59.7 Å². The Morgan fingerprint density at radius 1 is 1.09 bits per heavy atom. The minimum absolute atomic E-state index is 0.928. The van der Waals surface area contributed by atoms with Gasteiger partial charge in [0.25, 0.3) is 6.33 Å². The molecule has 0 saturated carbocycles. The standard InChI is InChI=1S/C19H18N3/c1-12-4-5-13(2)15(8-12)19-16-9-14-6-7-20-10-17(14)18(16)21-11-22(19)3/h4-8,10-11H,9H2,1-3H3/q+1. The summed E-state index contributed by atoms with van der Waals surface area (Å²) in [7, 11) is 2.08. The van der Waals surface area contributed by atoms with Gasteiger partial charge in [-0.25, -0.2) is 4.57 Å². The van der Waals surface area contributed by atoms with Gasteiger partial charge >= 0.3 is 0 Å². The SMILES string of the molecule is Cc1ccc(C)c(-c2c3c(nc[n+]2C)-c2cnccc2C3)c1. The highest BCUT2D eigenvalue weighted by Crippen LogP contribution is 2.38. The zero-order valence-electron chi connectivity index (χ0n) is 13.1. The Morgan fingerprint density at radius 3 is 2.82 bits per heavy atom. The first kappa shape index (κ1) is 13.1. The molecule has 108 valence electrons. The molecular formula is C19H18N3+. The second-order valence-electron chi connectivity index (χ2n) is 6.06. The van der Waals surface area contributed by atoms with Gasteiger partial charge in [0.1, 0.15) is 5.69 Å². The van der Waals surface area contributed by atoms with Crippen LogP contribution in [0.2, 0.25) is 0 Å². The van der Waals surface area contributed by atoms with E-state index in [9.17, 15) is 0 Å².